The fourth-order valence-corrected chi connectivity index (χ4v) is 4.99. The van der Waals surface area contributed by atoms with Crippen LogP contribution in [0.5, 0.6) is 0 Å². The van der Waals surface area contributed by atoms with E-state index in [0.29, 0.717) is 10.6 Å². The van der Waals surface area contributed by atoms with Crippen LogP contribution in [0.1, 0.15) is 24.2 Å². The first-order valence-corrected chi connectivity index (χ1v) is 12.0. The van der Waals surface area contributed by atoms with Crippen LogP contribution in [-0.2, 0) is 14.8 Å². The molecule has 1 aliphatic heterocycles. The molecular formula is C22H25ClFN3O4S. The van der Waals surface area contributed by atoms with Crippen LogP contribution in [0.4, 0.5) is 4.39 Å². The molecule has 0 bridgehead atoms. The third kappa shape index (κ3) is 5.46. The maximum Gasteiger partial charge on any atom is 0.251 e. The summed E-state index contributed by atoms with van der Waals surface area (Å²) in [5, 5.41) is 3.29. The predicted octanol–water partition coefficient (Wildman–Crippen LogP) is 2.77. The first kappa shape index (κ1) is 24.2. The largest absolute Gasteiger partial charge is 0.340 e. The van der Waals surface area contributed by atoms with E-state index in [1.54, 1.807) is 29.2 Å². The summed E-state index contributed by atoms with van der Waals surface area (Å²) in [5.74, 6) is -1.33. The zero-order chi connectivity index (χ0) is 23.5. The Labute approximate surface area is 192 Å². The molecule has 0 radical (unpaired) electrons. The highest BCUT2D eigenvalue weighted by Gasteiger charge is 2.34. The zero-order valence-corrected chi connectivity index (χ0v) is 19.4. The number of halogens is 2. The fourth-order valence-electron chi connectivity index (χ4n) is 3.44. The summed E-state index contributed by atoms with van der Waals surface area (Å²) in [5.41, 5.74) is 0.392. The third-order valence-electron chi connectivity index (χ3n) is 5.33. The van der Waals surface area contributed by atoms with E-state index in [4.69, 9.17) is 11.6 Å². The summed E-state index contributed by atoms with van der Waals surface area (Å²) in [6, 6.07) is 10.3. The number of hydrogen-bond acceptors (Lipinski definition) is 4. The molecule has 172 valence electrons. The van der Waals surface area contributed by atoms with Crippen LogP contribution >= 0.6 is 11.6 Å². The standard InChI is InChI=1S/C22H25ClFN3O4S/c1-15(2)20(25-21(28)16-3-5-17(23)6-4-16)22(29)26-11-13-27(14-12-26)32(30,31)19-9-7-18(24)8-10-19/h3-10,15,20H,11-14H2,1-2H3,(H,25,28)/t20-/m0/s1. The SMILES string of the molecule is CC(C)[C@H](NC(=O)c1ccc(Cl)cc1)C(=O)N1CCN(S(=O)(=O)c2ccc(F)cc2)CC1. The number of nitrogens with one attached hydrogen (secondary N) is 1. The maximum absolute atomic E-state index is 13.1. The number of amides is 2. The van der Waals surface area contributed by atoms with Crippen LogP contribution < -0.4 is 5.32 Å². The molecule has 1 atom stereocenters. The van der Waals surface area contributed by atoms with Gasteiger partial charge in [0.05, 0.1) is 4.90 Å². The fraction of sp³-hybridized carbons (Fsp3) is 0.364. The monoisotopic (exact) mass is 481 g/mol. The van der Waals surface area contributed by atoms with Gasteiger partial charge in [-0.2, -0.15) is 4.31 Å². The highest BCUT2D eigenvalue weighted by Crippen LogP contribution is 2.19. The Morgan fingerprint density at radius 1 is 0.969 bits per heavy atom. The lowest BCUT2D eigenvalue weighted by Gasteiger charge is -2.36. The molecule has 0 aliphatic carbocycles. The van der Waals surface area contributed by atoms with Gasteiger partial charge in [-0.15, -0.1) is 0 Å². The van der Waals surface area contributed by atoms with Gasteiger partial charge >= 0.3 is 0 Å². The second kappa shape index (κ2) is 9.97. The molecule has 0 saturated carbocycles. The topological polar surface area (TPSA) is 86.8 Å². The second-order valence-corrected chi connectivity index (χ2v) is 10.3. The number of piperazine rings is 1. The minimum absolute atomic E-state index is 0.00830. The van der Waals surface area contributed by atoms with Gasteiger partial charge in [-0.3, -0.25) is 9.59 Å². The molecule has 2 aromatic rings. The molecule has 0 aromatic heterocycles. The first-order chi connectivity index (χ1) is 15.1. The first-order valence-electron chi connectivity index (χ1n) is 10.2. The molecule has 1 saturated heterocycles. The van der Waals surface area contributed by atoms with Crippen molar-refractivity contribution in [3.05, 3.63) is 64.9 Å². The molecule has 2 amide bonds. The van der Waals surface area contributed by atoms with Crippen LogP contribution in [0.3, 0.4) is 0 Å². The van der Waals surface area contributed by atoms with Gasteiger partial charge in [0, 0.05) is 36.8 Å². The molecule has 3 rings (SSSR count). The zero-order valence-electron chi connectivity index (χ0n) is 17.8. The Bertz CT molecular complexity index is 1070. The number of rotatable bonds is 6. The van der Waals surface area contributed by atoms with Gasteiger partial charge < -0.3 is 10.2 Å². The normalized spacial score (nSPS) is 16.1. The third-order valence-corrected chi connectivity index (χ3v) is 7.49. The summed E-state index contributed by atoms with van der Waals surface area (Å²) in [4.78, 5) is 27.3. The van der Waals surface area contributed by atoms with Gasteiger partial charge in [0.1, 0.15) is 11.9 Å². The van der Waals surface area contributed by atoms with Gasteiger partial charge in [-0.05, 0) is 54.4 Å². The molecule has 0 spiro atoms. The lowest BCUT2D eigenvalue weighted by atomic mass is 10.0. The van der Waals surface area contributed by atoms with Crippen molar-refractivity contribution in [3.63, 3.8) is 0 Å². The van der Waals surface area contributed by atoms with Crippen molar-refractivity contribution in [1.29, 1.82) is 0 Å². The van der Waals surface area contributed by atoms with E-state index < -0.39 is 21.9 Å². The smallest absolute Gasteiger partial charge is 0.251 e. The number of nitrogens with zero attached hydrogens (tertiary/aromatic N) is 2. The van der Waals surface area contributed by atoms with Gasteiger partial charge in [-0.25, -0.2) is 12.8 Å². The van der Waals surface area contributed by atoms with Crippen molar-refractivity contribution in [2.75, 3.05) is 26.2 Å². The van der Waals surface area contributed by atoms with E-state index in [2.05, 4.69) is 5.32 Å². The minimum Gasteiger partial charge on any atom is -0.340 e. The van der Waals surface area contributed by atoms with Gasteiger partial charge in [0.25, 0.3) is 5.91 Å². The van der Waals surface area contributed by atoms with E-state index in [9.17, 15) is 22.4 Å². The average Bonchev–Trinajstić information content (AvgIpc) is 2.77. The number of sulfonamides is 1. The van der Waals surface area contributed by atoms with Gasteiger partial charge in [-0.1, -0.05) is 25.4 Å². The molecule has 1 fully saturated rings. The Balaban J connectivity index is 1.65. The Morgan fingerprint density at radius 2 is 1.53 bits per heavy atom. The maximum atomic E-state index is 13.1. The van der Waals surface area contributed by atoms with Crippen molar-refractivity contribution in [3.8, 4) is 0 Å². The molecule has 1 aliphatic rings. The summed E-state index contributed by atoms with van der Waals surface area (Å²) in [6.45, 7) is 4.28. The van der Waals surface area contributed by atoms with Crippen molar-refractivity contribution < 1.29 is 22.4 Å². The highest BCUT2D eigenvalue weighted by molar-refractivity contribution is 7.89. The number of carbonyl (C=O) groups excluding carboxylic acids is 2. The molecule has 2 aromatic carbocycles. The lowest BCUT2D eigenvalue weighted by Crippen LogP contribution is -2.57. The van der Waals surface area contributed by atoms with Crippen LogP contribution in [0.25, 0.3) is 0 Å². The number of benzene rings is 2. The van der Waals surface area contributed by atoms with Crippen molar-refractivity contribution in [2.45, 2.75) is 24.8 Å². The quantitative estimate of drug-likeness (QED) is 0.687. The van der Waals surface area contributed by atoms with Crippen LogP contribution in [0.2, 0.25) is 5.02 Å². The molecule has 1 heterocycles. The summed E-state index contributed by atoms with van der Waals surface area (Å²) in [7, 11) is -3.77. The molecule has 1 N–H and O–H groups in total. The van der Waals surface area contributed by atoms with Gasteiger partial charge in [0.15, 0.2) is 0 Å². The summed E-state index contributed by atoms with van der Waals surface area (Å²) in [6.07, 6.45) is 0. The van der Waals surface area contributed by atoms with E-state index in [0.717, 1.165) is 12.1 Å². The summed E-state index contributed by atoms with van der Waals surface area (Å²) < 4.78 is 40.0. The van der Waals surface area contributed by atoms with E-state index in [-0.39, 0.29) is 48.8 Å². The van der Waals surface area contributed by atoms with Crippen LogP contribution in [0.15, 0.2) is 53.4 Å². The molecule has 10 heteroatoms. The minimum atomic E-state index is -3.77. The van der Waals surface area contributed by atoms with E-state index in [1.165, 1.54) is 16.4 Å². The predicted molar refractivity (Wildman–Crippen MR) is 119 cm³/mol. The highest BCUT2D eigenvalue weighted by atomic mass is 35.5. The second-order valence-electron chi connectivity index (χ2n) is 7.89. The van der Waals surface area contributed by atoms with Crippen molar-refractivity contribution in [1.82, 2.24) is 14.5 Å². The molecule has 0 unspecified atom stereocenters. The molecule has 7 nitrogen and oxygen atoms in total. The Hall–Kier alpha value is -2.49. The van der Waals surface area contributed by atoms with Crippen molar-refractivity contribution >= 4 is 33.4 Å². The average molecular weight is 482 g/mol. The van der Waals surface area contributed by atoms with Crippen LogP contribution in [-0.4, -0.2) is 61.7 Å². The molecular weight excluding hydrogens is 457 g/mol. The molecule has 32 heavy (non-hydrogen) atoms. The number of carbonyl (C=O) groups is 2. The Morgan fingerprint density at radius 3 is 2.06 bits per heavy atom. The van der Waals surface area contributed by atoms with Gasteiger partial charge in [0.2, 0.25) is 15.9 Å². The Kier molecular flexibility index (Phi) is 7.53. The number of hydrogen-bond donors (Lipinski definition) is 1. The van der Waals surface area contributed by atoms with E-state index in [1.807, 2.05) is 13.8 Å². The lowest BCUT2D eigenvalue weighted by molar-refractivity contribution is -0.135. The van der Waals surface area contributed by atoms with Crippen LogP contribution in [0, 0.1) is 11.7 Å². The van der Waals surface area contributed by atoms with E-state index >= 15 is 0 Å². The van der Waals surface area contributed by atoms with Crippen molar-refractivity contribution in [2.24, 2.45) is 5.92 Å². The summed E-state index contributed by atoms with van der Waals surface area (Å²) >= 11 is 5.86.